The predicted molar refractivity (Wildman–Crippen MR) is 353 cm³/mol. The summed E-state index contributed by atoms with van der Waals surface area (Å²) in [5.74, 6) is 0. The van der Waals surface area contributed by atoms with Gasteiger partial charge in [-0.05, 0) is 134 Å². The van der Waals surface area contributed by atoms with Gasteiger partial charge >= 0.3 is 0 Å². The summed E-state index contributed by atoms with van der Waals surface area (Å²) in [6.07, 6.45) is 16.8. The second kappa shape index (κ2) is 19.4. The quantitative estimate of drug-likeness (QED) is 0.127. The van der Waals surface area contributed by atoms with Crippen LogP contribution in [0.1, 0.15) is 86.1 Å². The minimum Gasteiger partial charge on any atom is -0.347 e. The summed E-state index contributed by atoms with van der Waals surface area (Å²) in [4.78, 5) is 4.81. The molecule has 4 heterocycles. The van der Waals surface area contributed by atoms with Gasteiger partial charge in [0.25, 0.3) is 0 Å². The minimum absolute atomic E-state index is 0.179. The summed E-state index contributed by atoms with van der Waals surface area (Å²) in [6.45, 7) is 14.5. The van der Waals surface area contributed by atoms with Gasteiger partial charge in [-0.25, -0.2) is 0 Å². The van der Waals surface area contributed by atoms with Gasteiger partial charge in [-0.2, -0.15) is 9.15 Å². The van der Waals surface area contributed by atoms with Crippen molar-refractivity contribution in [2.24, 2.45) is 0 Å². The van der Waals surface area contributed by atoms with Crippen LogP contribution in [0.25, 0.3) is 43.1 Å². The average molecular weight is 1080 g/mol. The number of hydrogen-bond acceptors (Lipinski definition) is 2. The molecule has 0 aromatic heterocycles. The molecule has 408 valence electrons. The van der Waals surface area contributed by atoms with E-state index in [1.165, 1.54) is 133 Å². The van der Waals surface area contributed by atoms with Crippen molar-refractivity contribution in [2.75, 3.05) is 38.0 Å². The largest absolute Gasteiger partial charge is 0.347 e. The third-order valence-electron chi connectivity index (χ3n) is 19.9. The first-order valence-electron chi connectivity index (χ1n) is 29.8. The van der Waals surface area contributed by atoms with Gasteiger partial charge in [0.05, 0.1) is 10.8 Å². The SMILES string of the molecule is CN1/C(=C/C=C/C2=[N+](C)c3cc(Cc4cc5c(c6ccccc46)C(C)(Cc4ccccc4)C(/C=C/C=C4/N(C)c6ccc7ccccc7c6C4(C)C)=[N+]5C)c4ccccc4c3C2(C)Cc2ccccc2)C(C)(C)c2c1ccc1ccccc21. The molecule has 14 rings (SSSR count). The highest BCUT2D eigenvalue weighted by atomic mass is 15.2. The highest BCUT2D eigenvalue weighted by Gasteiger charge is 2.50. The first kappa shape index (κ1) is 52.2. The lowest BCUT2D eigenvalue weighted by atomic mass is 9.72. The molecule has 0 saturated carbocycles. The Labute approximate surface area is 490 Å². The Morgan fingerprint density at radius 3 is 1.13 bits per heavy atom. The smallest absolute Gasteiger partial charge is 0.210 e. The van der Waals surface area contributed by atoms with Crippen molar-refractivity contribution in [2.45, 2.75) is 82.5 Å². The third-order valence-corrected chi connectivity index (χ3v) is 19.9. The maximum absolute atomic E-state index is 2.54. The van der Waals surface area contributed by atoms with Crippen LogP contribution in [0.15, 0.2) is 242 Å². The molecule has 83 heavy (non-hydrogen) atoms. The van der Waals surface area contributed by atoms with Crippen LogP contribution in [0.2, 0.25) is 0 Å². The van der Waals surface area contributed by atoms with Crippen molar-refractivity contribution in [3.63, 3.8) is 0 Å². The predicted octanol–water partition coefficient (Wildman–Crippen LogP) is 18.1. The molecule has 0 radical (unpaired) electrons. The molecular formula is C79H74N4+2. The maximum atomic E-state index is 2.54. The molecule has 2 unspecified atom stereocenters. The standard InChI is InChI=1S/C79H74N4/c1-76(2)68(80(7)64-45-43-54-31-17-19-35-60(54)72(64)76)39-25-41-70-78(5,50-52-27-13-11-14-28-52)74-62-37-23-21-33-58(62)56(48-66(74)82(70)9)47-57-49-67-75(63-38-24-22-34-59(57)63)79(6,51-53-29-15-12-16-30-53)71(83(67)10)42-26-40-69-77(3,4)73-61-36-20-18-32-55(61)44-46-65(73)81(69)8/h11-46,48-49H,47,50-51H2,1-10H3/q+2. The summed E-state index contributed by atoms with van der Waals surface area (Å²) in [7, 11) is 9.06. The molecule has 4 heteroatoms. The lowest BCUT2D eigenvalue weighted by Gasteiger charge is -2.25. The number of nitrogens with zero attached hydrogens (tertiary/aromatic N) is 4. The van der Waals surface area contributed by atoms with E-state index >= 15 is 0 Å². The Morgan fingerprint density at radius 2 is 0.735 bits per heavy atom. The second-order valence-electron chi connectivity index (χ2n) is 25.6. The second-order valence-corrected chi connectivity index (χ2v) is 25.6. The van der Waals surface area contributed by atoms with Crippen LogP contribution in [0, 0.1) is 0 Å². The van der Waals surface area contributed by atoms with Crippen LogP contribution in [0.5, 0.6) is 0 Å². The van der Waals surface area contributed by atoms with Gasteiger partial charge < -0.3 is 9.80 Å². The normalized spacial score (nSPS) is 20.7. The van der Waals surface area contributed by atoms with E-state index in [0.29, 0.717) is 0 Å². The van der Waals surface area contributed by atoms with E-state index in [1.807, 2.05) is 0 Å². The third kappa shape index (κ3) is 8.00. The highest BCUT2D eigenvalue weighted by molar-refractivity contribution is 6.11. The van der Waals surface area contributed by atoms with Gasteiger partial charge in [0, 0.05) is 83.1 Å². The Bertz CT molecular complexity index is 4250. The zero-order valence-electron chi connectivity index (χ0n) is 49.8. The van der Waals surface area contributed by atoms with Crippen LogP contribution in [0.3, 0.4) is 0 Å². The fraction of sp³-hybridized carbons (Fsp3) is 0.215. The van der Waals surface area contributed by atoms with Gasteiger partial charge in [0.1, 0.15) is 14.1 Å². The van der Waals surface area contributed by atoms with Crippen molar-refractivity contribution < 1.29 is 9.15 Å². The Morgan fingerprint density at radius 1 is 0.386 bits per heavy atom. The highest BCUT2D eigenvalue weighted by Crippen LogP contribution is 2.54. The molecule has 10 aromatic rings. The number of rotatable bonds is 10. The maximum Gasteiger partial charge on any atom is 0.210 e. The van der Waals surface area contributed by atoms with E-state index in [1.54, 1.807) is 0 Å². The van der Waals surface area contributed by atoms with E-state index in [0.717, 1.165) is 19.3 Å². The van der Waals surface area contributed by atoms with Crippen LogP contribution < -0.4 is 9.80 Å². The van der Waals surface area contributed by atoms with Crippen molar-refractivity contribution in [3.8, 4) is 0 Å². The lowest BCUT2D eigenvalue weighted by molar-refractivity contribution is -0.401. The number of fused-ring (bicyclic) bond motifs is 12. The molecule has 0 spiro atoms. The Hall–Kier alpha value is -8.86. The van der Waals surface area contributed by atoms with Crippen molar-refractivity contribution >= 4 is 77.3 Å². The molecule has 2 atom stereocenters. The molecule has 10 aromatic carbocycles. The van der Waals surface area contributed by atoms with Crippen LogP contribution in [0.4, 0.5) is 22.7 Å². The first-order chi connectivity index (χ1) is 40.1. The number of likely N-dealkylation sites (N-methyl/N-ethyl adjacent to an activating group) is 2. The average Bonchev–Trinajstić information content (AvgIpc) is 1.97. The van der Waals surface area contributed by atoms with Crippen molar-refractivity contribution in [1.29, 1.82) is 0 Å². The molecular weight excluding hydrogens is 1000 g/mol. The molecule has 0 fully saturated rings. The zero-order chi connectivity index (χ0) is 57.2. The summed E-state index contributed by atoms with van der Waals surface area (Å²) >= 11 is 0. The van der Waals surface area contributed by atoms with E-state index in [-0.39, 0.29) is 21.7 Å². The van der Waals surface area contributed by atoms with Crippen LogP contribution in [-0.2, 0) is 40.9 Å². The number of benzene rings is 10. The van der Waals surface area contributed by atoms with Crippen LogP contribution >= 0.6 is 0 Å². The molecule has 4 aliphatic heterocycles. The summed E-state index contributed by atoms with van der Waals surface area (Å²) in [5, 5.41) is 10.5. The van der Waals surface area contributed by atoms with Gasteiger partial charge in [-0.1, -0.05) is 210 Å². The Kier molecular flexibility index (Phi) is 12.2. The zero-order valence-corrected chi connectivity index (χ0v) is 49.8. The van der Waals surface area contributed by atoms with Crippen molar-refractivity contribution in [1.82, 2.24) is 0 Å². The molecule has 0 N–H and O–H groups in total. The number of anilines is 2. The van der Waals surface area contributed by atoms with E-state index in [9.17, 15) is 0 Å². The first-order valence-corrected chi connectivity index (χ1v) is 29.8. The van der Waals surface area contributed by atoms with Gasteiger partial charge in [0.15, 0.2) is 11.4 Å². The topological polar surface area (TPSA) is 12.5 Å². The number of hydrogen-bond donors (Lipinski definition) is 0. The summed E-state index contributed by atoms with van der Waals surface area (Å²) in [5.41, 5.74) is 20.2. The van der Waals surface area contributed by atoms with Gasteiger partial charge in [0.2, 0.25) is 11.4 Å². The monoisotopic (exact) mass is 1080 g/mol. The minimum atomic E-state index is -0.321. The summed E-state index contributed by atoms with van der Waals surface area (Å²) in [6, 6.07) is 72.6. The molecule has 4 nitrogen and oxygen atoms in total. The van der Waals surface area contributed by atoms with E-state index in [4.69, 9.17) is 0 Å². The summed E-state index contributed by atoms with van der Waals surface area (Å²) < 4.78 is 5.01. The molecule has 0 amide bonds. The van der Waals surface area contributed by atoms with Gasteiger partial charge in [-0.3, -0.25) is 0 Å². The number of allylic oxidation sites excluding steroid dienone is 8. The molecule has 0 bridgehead atoms. The molecule has 0 saturated heterocycles. The Balaban J connectivity index is 0.885. The molecule has 4 aliphatic rings. The van der Waals surface area contributed by atoms with E-state index in [2.05, 4.69) is 319 Å². The van der Waals surface area contributed by atoms with Crippen LogP contribution in [-0.4, -0.2) is 48.8 Å². The van der Waals surface area contributed by atoms with Gasteiger partial charge in [-0.15, -0.1) is 0 Å². The fourth-order valence-corrected chi connectivity index (χ4v) is 16.1. The molecule has 0 aliphatic carbocycles. The fourth-order valence-electron chi connectivity index (χ4n) is 16.1. The van der Waals surface area contributed by atoms with Crippen molar-refractivity contribution in [3.05, 3.63) is 286 Å². The van der Waals surface area contributed by atoms with E-state index < -0.39 is 0 Å². The lowest BCUT2D eigenvalue weighted by Crippen LogP contribution is -2.33.